The van der Waals surface area contributed by atoms with E-state index in [0.717, 1.165) is 4.47 Å². The van der Waals surface area contributed by atoms with Crippen molar-refractivity contribution < 1.29 is 9.53 Å². The van der Waals surface area contributed by atoms with Gasteiger partial charge in [0.05, 0.1) is 12.7 Å². The van der Waals surface area contributed by atoms with Gasteiger partial charge >= 0.3 is 0 Å². The van der Waals surface area contributed by atoms with Gasteiger partial charge in [-0.05, 0) is 30.3 Å². The second-order valence-corrected chi connectivity index (χ2v) is 4.83. The molecule has 2 aromatic rings. The lowest BCUT2D eigenvalue weighted by molar-refractivity contribution is 0.102. The quantitative estimate of drug-likeness (QED) is 0.853. The zero-order chi connectivity index (χ0) is 13.8. The molecule has 0 aliphatic rings. The van der Waals surface area contributed by atoms with Crippen LogP contribution in [0.2, 0.25) is 0 Å². The van der Waals surface area contributed by atoms with Crippen LogP contribution in [0.5, 0.6) is 5.75 Å². The summed E-state index contributed by atoms with van der Waals surface area (Å²) >= 11 is 3.35. The van der Waals surface area contributed by atoms with Crippen molar-refractivity contribution in [2.45, 2.75) is 0 Å². The van der Waals surface area contributed by atoms with Crippen LogP contribution in [-0.4, -0.2) is 13.0 Å². The first kappa shape index (κ1) is 13.4. The molecule has 0 unspecified atom stereocenters. The number of methoxy groups -OCH3 is 1. The van der Waals surface area contributed by atoms with Gasteiger partial charge in [-0.15, -0.1) is 0 Å². The molecule has 5 heteroatoms. The standard InChI is InChI=1S/C14H13BrN2O2/c1-19-11-5-6-12(13(16)8-11)14(18)17-10-4-2-3-9(15)7-10/h2-8H,16H2,1H3,(H,17,18). The topological polar surface area (TPSA) is 64.3 Å². The smallest absolute Gasteiger partial charge is 0.257 e. The van der Waals surface area contributed by atoms with Crippen molar-refractivity contribution in [3.05, 3.63) is 52.5 Å². The van der Waals surface area contributed by atoms with Gasteiger partial charge in [-0.3, -0.25) is 4.79 Å². The normalized spacial score (nSPS) is 10.0. The molecule has 0 saturated heterocycles. The van der Waals surface area contributed by atoms with Crippen LogP contribution >= 0.6 is 15.9 Å². The largest absolute Gasteiger partial charge is 0.497 e. The number of benzene rings is 2. The molecular formula is C14H13BrN2O2. The van der Waals surface area contributed by atoms with Crippen molar-refractivity contribution >= 4 is 33.2 Å². The van der Waals surface area contributed by atoms with E-state index in [2.05, 4.69) is 21.2 Å². The summed E-state index contributed by atoms with van der Waals surface area (Å²) in [4.78, 5) is 12.1. The third-order valence-electron chi connectivity index (χ3n) is 2.59. The Morgan fingerprint density at radius 2 is 2.05 bits per heavy atom. The Kier molecular flexibility index (Phi) is 4.06. The first-order valence-electron chi connectivity index (χ1n) is 5.60. The molecule has 0 heterocycles. The monoisotopic (exact) mass is 320 g/mol. The Morgan fingerprint density at radius 3 is 2.68 bits per heavy atom. The molecule has 4 nitrogen and oxygen atoms in total. The summed E-state index contributed by atoms with van der Waals surface area (Å²) in [5.74, 6) is 0.370. The van der Waals surface area contributed by atoms with Gasteiger partial charge in [0, 0.05) is 21.9 Å². The van der Waals surface area contributed by atoms with Crippen LogP contribution < -0.4 is 15.8 Å². The van der Waals surface area contributed by atoms with Crippen LogP contribution in [0.1, 0.15) is 10.4 Å². The predicted molar refractivity (Wildman–Crippen MR) is 79.5 cm³/mol. The van der Waals surface area contributed by atoms with E-state index in [4.69, 9.17) is 10.5 Å². The molecule has 0 aromatic heterocycles. The van der Waals surface area contributed by atoms with E-state index < -0.39 is 0 Å². The van der Waals surface area contributed by atoms with Gasteiger partial charge in [-0.1, -0.05) is 22.0 Å². The number of nitrogens with one attached hydrogen (secondary N) is 1. The number of hydrogen-bond acceptors (Lipinski definition) is 3. The number of halogens is 1. The number of hydrogen-bond donors (Lipinski definition) is 2. The van der Waals surface area contributed by atoms with Crippen molar-refractivity contribution in [1.29, 1.82) is 0 Å². The lowest BCUT2D eigenvalue weighted by Crippen LogP contribution is -2.14. The molecule has 2 rings (SSSR count). The summed E-state index contributed by atoms with van der Waals surface area (Å²) in [6.45, 7) is 0. The maximum atomic E-state index is 12.1. The van der Waals surface area contributed by atoms with Gasteiger partial charge < -0.3 is 15.8 Å². The lowest BCUT2D eigenvalue weighted by Gasteiger charge is -2.09. The van der Waals surface area contributed by atoms with Crippen molar-refractivity contribution in [3.8, 4) is 5.75 Å². The van der Waals surface area contributed by atoms with Crippen LogP contribution in [0.15, 0.2) is 46.9 Å². The summed E-state index contributed by atoms with van der Waals surface area (Å²) in [6.07, 6.45) is 0. The van der Waals surface area contributed by atoms with Crippen LogP contribution in [0.3, 0.4) is 0 Å². The Hall–Kier alpha value is -2.01. The third-order valence-corrected chi connectivity index (χ3v) is 3.08. The van der Waals surface area contributed by atoms with Crippen molar-refractivity contribution in [2.75, 3.05) is 18.2 Å². The number of rotatable bonds is 3. The molecule has 0 aliphatic carbocycles. The molecule has 1 amide bonds. The van der Waals surface area contributed by atoms with Gasteiger partial charge in [-0.2, -0.15) is 0 Å². The second kappa shape index (κ2) is 5.75. The minimum atomic E-state index is -0.252. The molecule has 0 fully saturated rings. The molecule has 0 aliphatic heterocycles. The van der Waals surface area contributed by atoms with E-state index in [1.54, 1.807) is 25.3 Å². The minimum Gasteiger partial charge on any atom is -0.497 e. The highest BCUT2D eigenvalue weighted by Crippen LogP contribution is 2.21. The van der Waals surface area contributed by atoms with Gasteiger partial charge in [0.25, 0.3) is 5.91 Å². The highest BCUT2D eigenvalue weighted by Gasteiger charge is 2.10. The van der Waals surface area contributed by atoms with Gasteiger partial charge in [0.1, 0.15) is 5.75 Å². The Balaban J connectivity index is 2.20. The fraction of sp³-hybridized carbons (Fsp3) is 0.0714. The average molecular weight is 321 g/mol. The summed E-state index contributed by atoms with van der Waals surface area (Å²) in [5.41, 5.74) is 7.33. The molecule has 19 heavy (non-hydrogen) atoms. The van der Waals surface area contributed by atoms with Crippen LogP contribution in [0.25, 0.3) is 0 Å². The van der Waals surface area contributed by atoms with Gasteiger partial charge in [0.15, 0.2) is 0 Å². The summed E-state index contributed by atoms with van der Waals surface area (Å²) < 4.78 is 5.94. The number of ether oxygens (including phenoxy) is 1. The number of carbonyl (C=O) groups excluding carboxylic acids is 1. The zero-order valence-corrected chi connectivity index (χ0v) is 11.9. The molecule has 0 spiro atoms. The van der Waals surface area contributed by atoms with Gasteiger partial charge in [-0.25, -0.2) is 0 Å². The SMILES string of the molecule is COc1ccc(C(=O)Nc2cccc(Br)c2)c(N)c1. The van der Waals surface area contributed by atoms with Crippen LogP contribution in [-0.2, 0) is 0 Å². The van der Waals surface area contributed by atoms with E-state index in [-0.39, 0.29) is 5.91 Å². The first-order valence-corrected chi connectivity index (χ1v) is 6.40. The second-order valence-electron chi connectivity index (χ2n) is 3.92. The highest BCUT2D eigenvalue weighted by atomic mass is 79.9. The van der Waals surface area contributed by atoms with E-state index >= 15 is 0 Å². The molecule has 0 atom stereocenters. The highest BCUT2D eigenvalue weighted by molar-refractivity contribution is 9.10. The number of anilines is 2. The average Bonchev–Trinajstić information content (AvgIpc) is 2.38. The van der Waals surface area contributed by atoms with Gasteiger partial charge in [0.2, 0.25) is 0 Å². The number of nitrogen functional groups attached to an aromatic ring is 1. The Morgan fingerprint density at radius 1 is 1.26 bits per heavy atom. The summed E-state index contributed by atoms with van der Waals surface area (Å²) in [5, 5.41) is 2.79. The number of carbonyl (C=O) groups is 1. The number of amides is 1. The van der Waals surface area contributed by atoms with Crippen molar-refractivity contribution in [1.82, 2.24) is 0 Å². The Labute approximate surface area is 119 Å². The maximum absolute atomic E-state index is 12.1. The van der Waals surface area contributed by atoms with E-state index in [1.165, 1.54) is 0 Å². The van der Waals surface area contributed by atoms with E-state index in [0.29, 0.717) is 22.7 Å². The van der Waals surface area contributed by atoms with E-state index in [1.807, 2.05) is 24.3 Å². The predicted octanol–water partition coefficient (Wildman–Crippen LogP) is 3.29. The van der Waals surface area contributed by atoms with Crippen LogP contribution in [0, 0.1) is 0 Å². The van der Waals surface area contributed by atoms with Crippen LogP contribution in [0.4, 0.5) is 11.4 Å². The fourth-order valence-electron chi connectivity index (χ4n) is 1.64. The molecular weight excluding hydrogens is 308 g/mol. The summed E-state index contributed by atoms with van der Waals surface area (Å²) in [6, 6.07) is 12.3. The fourth-order valence-corrected chi connectivity index (χ4v) is 2.04. The van der Waals surface area contributed by atoms with Crippen molar-refractivity contribution in [3.63, 3.8) is 0 Å². The zero-order valence-electron chi connectivity index (χ0n) is 10.3. The maximum Gasteiger partial charge on any atom is 0.257 e. The Bertz CT molecular complexity index is 614. The molecule has 0 radical (unpaired) electrons. The lowest BCUT2D eigenvalue weighted by atomic mass is 10.1. The van der Waals surface area contributed by atoms with E-state index in [9.17, 15) is 4.79 Å². The molecule has 0 bridgehead atoms. The molecule has 3 N–H and O–H groups in total. The van der Waals surface area contributed by atoms with Crippen molar-refractivity contribution in [2.24, 2.45) is 0 Å². The number of nitrogens with two attached hydrogens (primary N) is 1. The minimum absolute atomic E-state index is 0.252. The first-order chi connectivity index (χ1) is 9.10. The molecule has 0 saturated carbocycles. The molecule has 98 valence electrons. The summed E-state index contributed by atoms with van der Waals surface area (Å²) in [7, 11) is 1.55. The molecule has 2 aromatic carbocycles. The third kappa shape index (κ3) is 3.26.